The zero-order chi connectivity index (χ0) is 24.5. The Bertz CT molecular complexity index is 1260. The number of aryl methyl sites for hydroxylation is 2. The van der Waals surface area contributed by atoms with Gasteiger partial charge in [0.1, 0.15) is 10.0 Å². The highest BCUT2D eigenvalue weighted by Crippen LogP contribution is 2.20. The second-order valence-corrected chi connectivity index (χ2v) is 10.0. The summed E-state index contributed by atoms with van der Waals surface area (Å²) in [5.41, 5.74) is 8.18. The molecule has 11 heteroatoms. The number of anilines is 3. The molecule has 0 radical (unpaired) electrons. The number of rotatable bonds is 11. The SMILES string of the molecule is Nc1ccc(CC(=O)Nc2nnc(CCCCc3nnc(NC(=O)Cc4ccccc4)s3)s2)cc1. The number of nitrogens with one attached hydrogen (secondary N) is 2. The molecule has 4 N–H and O–H groups in total. The largest absolute Gasteiger partial charge is 0.399 e. The Morgan fingerprint density at radius 3 is 1.69 bits per heavy atom. The number of nitrogen functional groups attached to an aromatic ring is 1. The molecule has 4 rings (SSSR count). The zero-order valence-corrected chi connectivity index (χ0v) is 20.6. The lowest BCUT2D eigenvalue weighted by molar-refractivity contribution is -0.116. The van der Waals surface area contributed by atoms with Gasteiger partial charge in [0.05, 0.1) is 12.8 Å². The quantitative estimate of drug-likeness (QED) is 0.207. The van der Waals surface area contributed by atoms with Crippen LogP contribution in [0.4, 0.5) is 16.0 Å². The number of amides is 2. The minimum atomic E-state index is -0.139. The molecule has 0 fully saturated rings. The third kappa shape index (κ3) is 7.94. The molecule has 0 saturated carbocycles. The van der Waals surface area contributed by atoms with Gasteiger partial charge in [0, 0.05) is 18.5 Å². The molecule has 0 saturated heterocycles. The second-order valence-electron chi connectivity index (χ2n) is 7.89. The zero-order valence-electron chi connectivity index (χ0n) is 18.9. The first kappa shape index (κ1) is 24.4. The maximum Gasteiger partial charge on any atom is 0.230 e. The highest BCUT2D eigenvalue weighted by atomic mass is 32.1. The van der Waals surface area contributed by atoms with E-state index in [4.69, 9.17) is 5.73 Å². The molecule has 2 aromatic heterocycles. The minimum absolute atomic E-state index is 0.105. The first-order valence-electron chi connectivity index (χ1n) is 11.2. The summed E-state index contributed by atoms with van der Waals surface area (Å²) in [6, 6.07) is 16.8. The molecule has 2 heterocycles. The van der Waals surface area contributed by atoms with E-state index in [9.17, 15) is 9.59 Å². The van der Waals surface area contributed by atoms with E-state index in [0.29, 0.717) is 22.4 Å². The summed E-state index contributed by atoms with van der Waals surface area (Å²) in [5.74, 6) is -0.244. The highest BCUT2D eigenvalue weighted by Gasteiger charge is 2.11. The predicted octanol–water partition coefficient (Wildman–Crippen LogP) is 3.90. The van der Waals surface area contributed by atoms with Crippen molar-refractivity contribution in [3.05, 3.63) is 75.7 Å². The van der Waals surface area contributed by atoms with E-state index in [1.807, 2.05) is 42.5 Å². The van der Waals surface area contributed by atoms with Crippen LogP contribution in [-0.4, -0.2) is 32.2 Å². The summed E-state index contributed by atoms with van der Waals surface area (Å²) in [6.45, 7) is 0. The fraction of sp³-hybridized carbons (Fsp3) is 0.250. The van der Waals surface area contributed by atoms with Gasteiger partial charge in [-0.2, -0.15) is 0 Å². The minimum Gasteiger partial charge on any atom is -0.399 e. The van der Waals surface area contributed by atoms with Crippen molar-refractivity contribution in [3.8, 4) is 0 Å². The van der Waals surface area contributed by atoms with Gasteiger partial charge in [-0.25, -0.2) is 0 Å². The van der Waals surface area contributed by atoms with E-state index in [0.717, 1.165) is 46.8 Å². The van der Waals surface area contributed by atoms with Crippen LogP contribution in [-0.2, 0) is 35.3 Å². The van der Waals surface area contributed by atoms with Gasteiger partial charge in [-0.05, 0) is 36.1 Å². The molecule has 0 aliphatic carbocycles. The molecule has 35 heavy (non-hydrogen) atoms. The van der Waals surface area contributed by atoms with E-state index >= 15 is 0 Å². The van der Waals surface area contributed by atoms with Gasteiger partial charge in [-0.1, -0.05) is 65.1 Å². The summed E-state index contributed by atoms with van der Waals surface area (Å²) in [5, 5.41) is 24.9. The van der Waals surface area contributed by atoms with Crippen LogP contribution in [0.1, 0.15) is 34.0 Å². The average molecular weight is 508 g/mol. The van der Waals surface area contributed by atoms with Gasteiger partial charge < -0.3 is 16.4 Å². The Labute approximate surface area is 210 Å². The van der Waals surface area contributed by atoms with Crippen molar-refractivity contribution in [1.82, 2.24) is 20.4 Å². The summed E-state index contributed by atoms with van der Waals surface area (Å²) in [7, 11) is 0. The monoisotopic (exact) mass is 507 g/mol. The van der Waals surface area contributed by atoms with Crippen molar-refractivity contribution in [2.45, 2.75) is 38.5 Å². The van der Waals surface area contributed by atoms with Crippen LogP contribution < -0.4 is 16.4 Å². The number of hydrogen-bond acceptors (Lipinski definition) is 9. The van der Waals surface area contributed by atoms with Crippen LogP contribution in [0.25, 0.3) is 0 Å². The fourth-order valence-corrected chi connectivity index (χ4v) is 4.89. The van der Waals surface area contributed by atoms with Crippen molar-refractivity contribution in [2.24, 2.45) is 0 Å². The number of aromatic nitrogens is 4. The Hall–Kier alpha value is -3.70. The van der Waals surface area contributed by atoms with Crippen molar-refractivity contribution in [1.29, 1.82) is 0 Å². The Kier molecular flexibility index (Phi) is 8.47. The summed E-state index contributed by atoms with van der Waals surface area (Å²) in [6.07, 6.45) is 3.92. The smallest absolute Gasteiger partial charge is 0.230 e. The van der Waals surface area contributed by atoms with Gasteiger partial charge in [0.2, 0.25) is 22.1 Å². The Morgan fingerprint density at radius 1 is 0.686 bits per heavy atom. The molecule has 0 aliphatic rings. The molecular formula is C24H25N7O2S2. The molecule has 9 nitrogen and oxygen atoms in total. The Balaban J connectivity index is 1.15. The van der Waals surface area contributed by atoms with E-state index in [-0.39, 0.29) is 18.2 Å². The van der Waals surface area contributed by atoms with E-state index in [1.165, 1.54) is 22.7 Å². The van der Waals surface area contributed by atoms with Crippen LogP contribution in [0.5, 0.6) is 0 Å². The fourth-order valence-electron chi connectivity index (χ4n) is 3.29. The number of hydrogen-bond donors (Lipinski definition) is 3. The highest BCUT2D eigenvalue weighted by molar-refractivity contribution is 7.15. The molecule has 2 amide bonds. The van der Waals surface area contributed by atoms with Gasteiger partial charge in [0.15, 0.2) is 0 Å². The maximum absolute atomic E-state index is 12.2. The predicted molar refractivity (Wildman–Crippen MR) is 138 cm³/mol. The van der Waals surface area contributed by atoms with Crippen LogP contribution in [0.15, 0.2) is 54.6 Å². The third-order valence-corrected chi connectivity index (χ3v) is 6.81. The van der Waals surface area contributed by atoms with Gasteiger partial charge in [-0.3, -0.25) is 9.59 Å². The number of carbonyl (C=O) groups excluding carboxylic acids is 2. The molecule has 0 bridgehead atoms. The van der Waals surface area contributed by atoms with Gasteiger partial charge in [0.25, 0.3) is 0 Å². The number of unbranched alkanes of at least 4 members (excludes halogenated alkanes) is 1. The van der Waals surface area contributed by atoms with Gasteiger partial charge in [-0.15, -0.1) is 20.4 Å². The number of nitrogens with two attached hydrogens (primary N) is 1. The molecule has 0 aliphatic heterocycles. The molecule has 4 aromatic rings. The van der Waals surface area contributed by atoms with Crippen molar-refractivity contribution in [2.75, 3.05) is 16.4 Å². The lowest BCUT2D eigenvalue weighted by Crippen LogP contribution is -2.14. The van der Waals surface area contributed by atoms with E-state index in [1.54, 1.807) is 12.1 Å². The number of benzene rings is 2. The molecule has 2 aromatic carbocycles. The molecule has 0 atom stereocenters. The van der Waals surface area contributed by atoms with E-state index in [2.05, 4.69) is 31.0 Å². The third-order valence-electron chi connectivity index (χ3n) is 5.01. The first-order valence-corrected chi connectivity index (χ1v) is 12.8. The van der Waals surface area contributed by atoms with Crippen LogP contribution >= 0.6 is 22.7 Å². The van der Waals surface area contributed by atoms with E-state index < -0.39 is 0 Å². The van der Waals surface area contributed by atoms with Crippen molar-refractivity contribution in [3.63, 3.8) is 0 Å². The maximum atomic E-state index is 12.2. The lowest BCUT2D eigenvalue weighted by atomic mass is 10.1. The number of nitrogens with zero attached hydrogens (tertiary/aromatic N) is 4. The first-order chi connectivity index (χ1) is 17.0. The summed E-state index contributed by atoms with van der Waals surface area (Å²) >= 11 is 2.78. The second kappa shape index (κ2) is 12.1. The lowest BCUT2D eigenvalue weighted by Gasteiger charge is -2.02. The van der Waals surface area contributed by atoms with Crippen molar-refractivity contribution >= 4 is 50.4 Å². The number of carbonyl (C=O) groups is 2. The molecule has 180 valence electrons. The topological polar surface area (TPSA) is 136 Å². The molecule has 0 unspecified atom stereocenters. The average Bonchev–Trinajstić information content (AvgIpc) is 3.48. The normalized spacial score (nSPS) is 10.7. The molecular weight excluding hydrogens is 482 g/mol. The Morgan fingerprint density at radius 2 is 1.17 bits per heavy atom. The van der Waals surface area contributed by atoms with Crippen LogP contribution in [0, 0.1) is 0 Å². The van der Waals surface area contributed by atoms with Crippen LogP contribution in [0.2, 0.25) is 0 Å². The summed E-state index contributed by atoms with van der Waals surface area (Å²) in [4.78, 5) is 24.4. The summed E-state index contributed by atoms with van der Waals surface area (Å²) < 4.78 is 0. The standard InChI is InChI=1S/C24H25N7O2S2/c25-18-12-10-17(11-13-18)15-20(33)27-24-31-29-22(35-24)9-5-4-8-21-28-30-23(34-21)26-19(32)14-16-6-2-1-3-7-16/h1-3,6-7,10-13H,4-5,8-9,14-15,25H2,(H,26,30,32)(H,27,31,33). The van der Waals surface area contributed by atoms with Crippen molar-refractivity contribution < 1.29 is 9.59 Å². The van der Waals surface area contributed by atoms with Gasteiger partial charge >= 0.3 is 0 Å². The van der Waals surface area contributed by atoms with Crippen LogP contribution in [0.3, 0.4) is 0 Å². The molecule has 0 spiro atoms.